The van der Waals surface area contributed by atoms with Crippen molar-refractivity contribution in [2.24, 2.45) is 0 Å². The Balaban J connectivity index is 1.68. The van der Waals surface area contributed by atoms with Gasteiger partial charge in [-0.15, -0.1) is 0 Å². The molecule has 0 radical (unpaired) electrons. The molecule has 1 aromatic carbocycles. The second kappa shape index (κ2) is 6.87. The maximum Gasteiger partial charge on any atom is 0.0991 e. The molecule has 0 saturated heterocycles. The van der Waals surface area contributed by atoms with Gasteiger partial charge < -0.3 is 9.67 Å². The molecule has 0 bridgehead atoms. The van der Waals surface area contributed by atoms with Crippen LogP contribution in [0.2, 0.25) is 0 Å². The number of benzene rings is 1. The van der Waals surface area contributed by atoms with E-state index in [9.17, 15) is 5.11 Å². The highest BCUT2D eigenvalue weighted by Gasteiger charge is 2.22. The molecule has 4 heteroatoms. The Morgan fingerprint density at radius 3 is 2.57 bits per heavy atom. The largest absolute Gasteiger partial charge is 0.395 e. The van der Waals surface area contributed by atoms with E-state index < -0.39 is 0 Å². The molecular formula is C17H23N3O. The van der Waals surface area contributed by atoms with E-state index in [0.717, 1.165) is 18.8 Å². The van der Waals surface area contributed by atoms with E-state index in [-0.39, 0.29) is 6.61 Å². The standard InChI is InChI=1S/C17H23N3O/c21-12-11-19(16-3-1-2-4-16)13-15-5-7-17(8-6-15)20-10-9-18-14-20/h5-10,14,16,21H,1-4,11-13H2. The van der Waals surface area contributed by atoms with Crippen LogP contribution in [0, 0.1) is 0 Å². The third-order valence-electron chi connectivity index (χ3n) is 4.35. The Kier molecular flexibility index (Phi) is 4.68. The number of hydrogen-bond acceptors (Lipinski definition) is 3. The first-order valence-corrected chi connectivity index (χ1v) is 7.79. The summed E-state index contributed by atoms with van der Waals surface area (Å²) in [6, 6.07) is 9.25. The van der Waals surface area contributed by atoms with E-state index in [1.165, 1.54) is 31.2 Å². The van der Waals surface area contributed by atoms with Gasteiger partial charge >= 0.3 is 0 Å². The lowest BCUT2D eigenvalue weighted by molar-refractivity contribution is 0.145. The van der Waals surface area contributed by atoms with Crippen LogP contribution in [0.25, 0.3) is 5.69 Å². The molecule has 1 aromatic heterocycles. The summed E-state index contributed by atoms with van der Waals surface area (Å²) in [4.78, 5) is 6.50. The van der Waals surface area contributed by atoms with Crippen LogP contribution < -0.4 is 0 Å². The van der Waals surface area contributed by atoms with Gasteiger partial charge in [0.25, 0.3) is 0 Å². The van der Waals surface area contributed by atoms with E-state index in [1.807, 2.05) is 17.1 Å². The van der Waals surface area contributed by atoms with Gasteiger partial charge in [-0.05, 0) is 30.5 Å². The highest BCUT2D eigenvalue weighted by atomic mass is 16.3. The third-order valence-corrected chi connectivity index (χ3v) is 4.35. The van der Waals surface area contributed by atoms with Crippen LogP contribution in [0.5, 0.6) is 0 Å². The summed E-state index contributed by atoms with van der Waals surface area (Å²) in [5.74, 6) is 0. The Morgan fingerprint density at radius 1 is 1.19 bits per heavy atom. The van der Waals surface area contributed by atoms with Crippen molar-refractivity contribution in [3.63, 3.8) is 0 Å². The molecule has 112 valence electrons. The van der Waals surface area contributed by atoms with Crippen molar-refractivity contribution in [1.29, 1.82) is 0 Å². The molecule has 21 heavy (non-hydrogen) atoms. The summed E-state index contributed by atoms with van der Waals surface area (Å²) in [7, 11) is 0. The molecular weight excluding hydrogens is 262 g/mol. The molecule has 0 spiro atoms. The van der Waals surface area contributed by atoms with Gasteiger partial charge in [-0.3, -0.25) is 4.90 Å². The quantitative estimate of drug-likeness (QED) is 0.887. The van der Waals surface area contributed by atoms with Crippen molar-refractivity contribution in [2.75, 3.05) is 13.2 Å². The Bertz CT molecular complexity index is 530. The number of hydrogen-bond donors (Lipinski definition) is 1. The summed E-state index contributed by atoms with van der Waals surface area (Å²) in [6.07, 6.45) is 10.7. The van der Waals surface area contributed by atoms with Gasteiger partial charge in [0, 0.05) is 37.2 Å². The predicted octanol–water partition coefficient (Wildman–Crippen LogP) is 2.61. The van der Waals surface area contributed by atoms with Gasteiger partial charge in [0.05, 0.1) is 12.9 Å². The van der Waals surface area contributed by atoms with Crippen molar-refractivity contribution in [2.45, 2.75) is 38.3 Å². The normalized spacial score (nSPS) is 15.9. The number of rotatable bonds is 6. The van der Waals surface area contributed by atoms with E-state index in [1.54, 1.807) is 6.20 Å². The lowest BCUT2D eigenvalue weighted by Gasteiger charge is -2.28. The van der Waals surface area contributed by atoms with Crippen molar-refractivity contribution < 1.29 is 5.11 Å². The van der Waals surface area contributed by atoms with E-state index in [2.05, 4.69) is 34.1 Å². The minimum Gasteiger partial charge on any atom is -0.395 e. The number of aliphatic hydroxyl groups excluding tert-OH is 1. The lowest BCUT2D eigenvalue weighted by atomic mass is 10.1. The van der Waals surface area contributed by atoms with Crippen molar-refractivity contribution >= 4 is 0 Å². The van der Waals surface area contributed by atoms with Gasteiger partial charge in [0.1, 0.15) is 0 Å². The molecule has 1 saturated carbocycles. The summed E-state index contributed by atoms with van der Waals surface area (Å²) >= 11 is 0. The third kappa shape index (κ3) is 3.52. The van der Waals surface area contributed by atoms with Crippen LogP contribution in [0.15, 0.2) is 43.0 Å². The van der Waals surface area contributed by atoms with E-state index >= 15 is 0 Å². The zero-order chi connectivity index (χ0) is 14.5. The van der Waals surface area contributed by atoms with Crippen LogP contribution in [-0.4, -0.2) is 38.8 Å². The fourth-order valence-electron chi connectivity index (χ4n) is 3.21. The van der Waals surface area contributed by atoms with Crippen LogP contribution >= 0.6 is 0 Å². The van der Waals surface area contributed by atoms with Crippen molar-refractivity contribution in [3.05, 3.63) is 48.5 Å². The van der Waals surface area contributed by atoms with E-state index in [0.29, 0.717) is 6.04 Å². The Hall–Kier alpha value is -1.65. The minimum atomic E-state index is 0.240. The fourth-order valence-corrected chi connectivity index (χ4v) is 3.21. The highest BCUT2D eigenvalue weighted by Crippen LogP contribution is 2.24. The van der Waals surface area contributed by atoms with Gasteiger partial charge in [-0.1, -0.05) is 25.0 Å². The number of nitrogens with zero attached hydrogens (tertiary/aromatic N) is 3. The molecule has 1 aliphatic carbocycles. The summed E-state index contributed by atoms with van der Waals surface area (Å²) in [5.41, 5.74) is 2.44. The molecule has 4 nitrogen and oxygen atoms in total. The number of aromatic nitrogens is 2. The molecule has 2 aromatic rings. The lowest BCUT2D eigenvalue weighted by Crippen LogP contribution is -2.35. The Labute approximate surface area is 126 Å². The molecule has 0 amide bonds. The van der Waals surface area contributed by atoms with E-state index in [4.69, 9.17) is 0 Å². The molecule has 0 aliphatic heterocycles. The van der Waals surface area contributed by atoms with Crippen LogP contribution in [0.1, 0.15) is 31.2 Å². The highest BCUT2D eigenvalue weighted by molar-refractivity contribution is 5.34. The van der Waals surface area contributed by atoms with Crippen molar-refractivity contribution in [3.8, 4) is 5.69 Å². The maximum atomic E-state index is 9.29. The molecule has 1 fully saturated rings. The summed E-state index contributed by atoms with van der Waals surface area (Å²) < 4.78 is 2.01. The molecule has 1 heterocycles. The first kappa shape index (κ1) is 14.3. The monoisotopic (exact) mass is 285 g/mol. The van der Waals surface area contributed by atoms with Gasteiger partial charge in [-0.25, -0.2) is 4.98 Å². The molecule has 0 unspecified atom stereocenters. The van der Waals surface area contributed by atoms with Crippen LogP contribution in [-0.2, 0) is 6.54 Å². The smallest absolute Gasteiger partial charge is 0.0991 e. The second-order valence-electron chi connectivity index (χ2n) is 5.77. The number of aliphatic hydroxyl groups is 1. The summed E-state index contributed by atoms with van der Waals surface area (Å²) in [6.45, 7) is 1.94. The van der Waals surface area contributed by atoms with Crippen LogP contribution in [0.3, 0.4) is 0 Å². The van der Waals surface area contributed by atoms with Gasteiger partial charge in [0.2, 0.25) is 0 Å². The van der Waals surface area contributed by atoms with Gasteiger partial charge in [-0.2, -0.15) is 0 Å². The first-order valence-electron chi connectivity index (χ1n) is 7.79. The maximum absolute atomic E-state index is 9.29. The van der Waals surface area contributed by atoms with Gasteiger partial charge in [0.15, 0.2) is 0 Å². The second-order valence-corrected chi connectivity index (χ2v) is 5.77. The molecule has 0 atom stereocenters. The minimum absolute atomic E-state index is 0.240. The predicted molar refractivity (Wildman–Crippen MR) is 83.3 cm³/mol. The number of imidazole rings is 1. The Morgan fingerprint density at radius 2 is 1.95 bits per heavy atom. The average Bonchev–Trinajstić information content (AvgIpc) is 3.21. The molecule has 3 rings (SSSR count). The summed E-state index contributed by atoms with van der Waals surface area (Å²) in [5, 5.41) is 9.29. The molecule has 1 aliphatic rings. The first-order chi connectivity index (χ1) is 10.4. The SMILES string of the molecule is OCCN(Cc1ccc(-n2ccnc2)cc1)C1CCCC1. The zero-order valence-corrected chi connectivity index (χ0v) is 12.4. The fraction of sp³-hybridized carbons (Fsp3) is 0.471. The van der Waals surface area contributed by atoms with Crippen LogP contribution in [0.4, 0.5) is 0 Å². The zero-order valence-electron chi connectivity index (χ0n) is 12.4. The molecule has 1 N–H and O–H groups in total. The van der Waals surface area contributed by atoms with Crippen molar-refractivity contribution in [1.82, 2.24) is 14.5 Å². The average molecular weight is 285 g/mol. The topological polar surface area (TPSA) is 41.3 Å².